The first-order valence-electron chi connectivity index (χ1n) is 3.52. The van der Waals surface area contributed by atoms with Gasteiger partial charge in [-0.25, -0.2) is 8.42 Å². The highest BCUT2D eigenvalue weighted by Crippen LogP contribution is 2.22. The molecule has 0 saturated carbocycles. The van der Waals surface area contributed by atoms with Crippen LogP contribution in [0.15, 0.2) is 18.2 Å². The Bertz CT molecular complexity index is 433. The topological polar surface area (TPSA) is 66.4 Å². The number of hydrogen-bond acceptors (Lipinski definition) is 3. The summed E-state index contributed by atoms with van der Waals surface area (Å²) in [5.41, 5.74) is 0.373. The SMILES string of the molecule is O=S(=O)(Cc1ccc(Cl)cc1Cl)NO. The molecule has 0 fully saturated rings. The van der Waals surface area contributed by atoms with Crippen molar-refractivity contribution >= 4 is 33.2 Å². The van der Waals surface area contributed by atoms with E-state index in [1.165, 1.54) is 23.1 Å². The molecule has 4 nitrogen and oxygen atoms in total. The summed E-state index contributed by atoms with van der Waals surface area (Å²) >= 11 is 11.4. The maximum atomic E-state index is 11.0. The van der Waals surface area contributed by atoms with E-state index in [4.69, 9.17) is 28.4 Å². The largest absolute Gasteiger partial charge is 0.302 e. The van der Waals surface area contributed by atoms with Gasteiger partial charge in [0.2, 0.25) is 10.0 Å². The fraction of sp³-hybridized carbons (Fsp3) is 0.143. The monoisotopic (exact) mass is 255 g/mol. The summed E-state index contributed by atoms with van der Waals surface area (Å²) in [7, 11) is -3.73. The Morgan fingerprint density at radius 3 is 2.50 bits per heavy atom. The van der Waals surface area contributed by atoms with E-state index in [2.05, 4.69) is 0 Å². The molecular weight excluding hydrogens is 249 g/mol. The van der Waals surface area contributed by atoms with Crippen molar-refractivity contribution in [2.45, 2.75) is 5.75 Å². The van der Waals surface area contributed by atoms with Gasteiger partial charge in [0.1, 0.15) is 0 Å². The molecule has 1 aromatic carbocycles. The van der Waals surface area contributed by atoms with Crippen LogP contribution in [0.5, 0.6) is 0 Å². The zero-order valence-corrected chi connectivity index (χ0v) is 9.20. The molecule has 1 aromatic rings. The molecule has 0 aliphatic rings. The Labute approximate surface area is 91.5 Å². The van der Waals surface area contributed by atoms with Gasteiger partial charge in [-0.3, -0.25) is 0 Å². The summed E-state index contributed by atoms with van der Waals surface area (Å²) in [6.07, 6.45) is 0. The molecule has 0 spiro atoms. The smallest absolute Gasteiger partial charge is 0.237 e. The molecule has 0 aliphatic carbocycles. The van der Waals surface area contributed by atoms with Crippen molar-refractivity contribution in [3.63, 3.8) is 0 Å². The van der Waals surface area contributed by atoms with Gasteiger partial charge in [0.25, 0.3) is 0 Å². The lowest BCUT2D eigenvalue weighted by atomic mass is 10.2. The molecule has 14 heavy (non-hydrogen) atoms. The third-order valence-electron chi connectivity index (χ3n) is 1.50. The van der Waals surface area contributed by atoms with Crippen LogP contribution in [0.2, 0.25) is 10.0 Å². The van der Waals surface area contributed by atoms with Crippen molar-refractivity contribution in [1.82, 2.24) is 4.89 Å². The molecule has 0 bridgehead atoms. The molecule has 78 valence electrons. The van der Waals surface area contributed by atoms with Gasteiger partial charge < -0.3 is 5.21 Å². The summed E-state index contributed by atoms with van der Waals surface area (Å²) < 4.78 is 21.9. The predicted molar refractivity (Wildman–Crippen MR) is 54.0 cm³/mol. The zero-order chi connectivity index (χ0) is 10.8. The average molecular weight is 256 g/mol. The zero-order valence-electron chi connectivity index (χ0n) is 6.87. The lowest BCUT2D eigenvalue weighted by Gasteiger charge is -2.04. The summed E-state index contributed by atoms with van der Waals surface area (Å²) in [4.78, 5) is 1.21. The highest BCUT2D eigenvalue weighted by molar-refractivity contribution is 7.88. The number of benzene rings is 1. The van der Waals surface area contributed by atoms with Crippen molar-refractivity contribution < 1.29 is 13.6 Å². The average Bonchev–Trinajstić information content (AvgIpc) is 2.10. The molecule has 0 unspecified atom stereocenters. The first-order valence-corrected chi connectivity index (χ1v) is 5.93. The van der Waals surface area contributed by atoms with E-state index in [1.54, 1.807) is 0 Å². The summed E-state index contributed by atoms with van der Waals surface area (Å²) in [5.74, 6) is -0.389. The molecule has 0 atom stereocenters. The van der Waals surface area contributed by atoms with Crippen LogP contribution in [-0.2, 0) is 15.8 Å². The highest BCUT2D eigenvalue weighted by Gasteiger charge is 2.12. The molecule has 0 saturated heterocycles. The van der Waals surface area contributed by atoms with E-state index in [0.717, 1.165) is 0 Å². The second-order valence-electron chi connectivity index (χ2n) is 2.59. The standard InChI is InChI=1S/C7H7Cl2NO3S/c8-6-2-1-5(7(9)3-6)4-14(12,13)10-11/h1-3,10-11H,4H2. The van der Waals surface area contributed by atoms with Gasteiger partial charge in [-0.15, -0.1) is 0 Å². The van der Waals surface area contributed by atoms with Crippen molar-refractivity contribution in [3.05, 3.63) is 33.8 Å². The van der Waals surface area contributed by atoms with Crippen LogP contribution in [0.25, 0.3) is 0 Å². The van der Waals surface area contributed by atoms with Gasteiger partial charge in [0.05, 0.1) is 5.75 Å². The van der Waals surface area contributed by atoms with E-state index in [-0.39, 0.29) is 10.8 Å². The minimum Gasteiger partial charge on any atom is -0.302 e. The van der Waals surface area contributed by atoms with Crippen LogP contribution in [0.4, 0.5) is 0 Å². The van der Waals surface area contributed by atoms with Crippen molar-refractivity contribution in [2.24, 2.45) is 0 Å². The second kappa shape index (κ2) is 4.46. The highest BCUT2D eigenvalue weighted by atomic mass is 35.5. The van der Waals surface area contributed by atoms with Crippen LogP contribution < -0.4 is 4.89 Å². The van der Waals surface area contributed by atoms with Gasteiger partial charge in [-0.1, -0.05) is 34.2 Å². The van der Waals surface area contributed by atoms with Gasteiger partial charge >= 0.3 is 0 Å². The Balaban J connectivity index is 2.99. The van der Waals surface area contributed by atoms with E-state index in [9.17, 15) is 8.42 Å². The Morgan fingerprint density at radius 2 is 2.00 bits per heavy atom. The first-order chi connectivity index (χ1) is 6.44. The number of sulfonamides is 1. The molecular formula is C7H7Cl2NO3S. The quantitative estimate of drug-likeness (QED) is 0.810. The fourth-order valence-corrected chi connectivity index (χ4v) is 2.16. The molecule has 7 heteroatoms. The molecule has 2 N–H and O–H groups in total. The third-order valence-corrected chi connectivity index (χ3v) is 3.06. The second-order valence-corrected chi connectivity index (χ2v) is 5.13. The van der Waals surface area contributed by atoms with E-state index in [0.29, 0.717) is 10.6 Å². The van der Waals surface area contributed by atoms with Crippen LogP contribution in [0.1, 0.15) is 5.56 Å². The van der Waals surface area contributed by atoms with Crippen LogP contribution in [0, 0.1) is 0 Å². The molecule has 0 heterocycles. The molecule has 1 rings (SSSR count). The maximum Gasteiger partial charge on any atom is 0.237 e. The minimum atomic E-state index is -3.73. The van der Waals surface area contributed by atoms with Crippen LogP contribution in [0.3, 0.4) is 0 Å². The number of rotatable bonds is 3. The summed E-state index contributed by atoms with van der Waals surface area (Å²) in [6, 6.07) is 4.44. The summed E-state index contributed by atoms with van der Waals surface area (Å²) in [5, 5.41) is 8.96. The predicted octanol–water partition coefficient (Wildman–Crippen LogP) is 1.80. The van der Waals surface area contributed by atoms with Crippen molar-refractivity contribution in [1.29, 1.82) is 0 Å². The van der Waals surface area contributed by atoms with Gasteiger partial charge in [-0.2, -0.15) is 0 Å². The Kier molecular flexibility index (Phi) is 3.74. The van der Waals surface area contributed by atoms with Crippen molar-refractivity contribution in [2.75, 3.05) is 0 Å². The van der Waals surface area contributed by atoms with Crippen molar-refractivity contribution in [3.8, 4) is 0 Å². The molecule has 0 aliphatic heterocycles. The molecule has 0 radical (unpaired) electrons. The van der Waals surface area contributed by atoms with Gasteiger partial charge in [0.15, 0.2) is 0 Å². The van der Waals surface area contributed by atoms with Crippen LogP contribution in [-0.4, -0.2) is 13.6 Å². The summed E-state index contributed by atoms with van der Waals surface area (Å²) in [6.45, 7) is 0. The third kappa shape index (κ3) is 3.11. The van der Waals surface area contributed by atoms with Gasteiger partial charge in [-0.05, 0) is 17.7 Å². The van der Waals surface area contributed by atoms with Crippen LogP contribution >= 0.6 is 23.2 Å². The van der Waals surface area contributed by atoms with E-state index < -0.39 is 10.0 Å². The lowest BCUT2D eigenvalue weighted by molar-refractivity contribution is 0.242. The lowest BCUT2D eigenvalue weighted by Crippen LogP contribution is -2.21. The van der Waals surface area contributed by atoms with Gasteiger partial charge in [0, 0.05) is 10.0 Å². The first kappa shape index (κ1) is 11.7. The fourth-order valence-electron chi connectivity index (χ4n) is 0.876. The van der Waals surface area contributed by atoms with E-state index >= 15 is 0 Å². The molecule has 0 amide bonds. The minimum absolute atomic E-state index is 0.247. The van der Waals surface area contributed by atoms with E-state index in [1.807, 2.05) is 0 Å². The number of hydrogen-bond donors (Lipinski definition) is 2. The number of halogens is 2. The Morgan fingerprint density at radius 1 is 1.36 bits per heavy atom. The molecule has 0 aromatic heterocycles. The number of nitrogens with one attached hydrogen (secondary N) is 1. The Hall–Kier alpha value is -0.330. The normalized spacial score (nSPS) is 11.6. The maximum absolute atomic E-state index is 11.0.